The molecule has 0 saturated heterocycles. The third-order valence-corrected chi connectivity index (χ3v) is 7.00. The Hall–Kier alpha value is -3.56. The molecular weight excluding hydrogens is 480 g/mol. The van der Waals surface area contributed by atoms with Gasteiger partial charge in [0, 0.05) is 11.4 Å². The molecule has 2 aromatic carbocycles. The van der Waals surface area contributed by atoms with Crippen molar-refractivity contribution < 1.29 is 29.0 Å². The number of hydrogen-bond donors (Lipinski definition) is 2. The second kappa shape index (κ2) is 9.74. The van der Waals surface area contributed by atoms with Crippen LogP contribution in [-0.2, 0) is 13.0 Å². The van der Waals surface area contributed by atoms with Crippen molar-refractivity contribution in [2.45, 2.75) is 13.0 Å². The molecule has 0 spiro atoms. The molecular formula is C24H21ClN2O6S. The summed E-state index contributed by atoms with van der Waals surface area (Å²) in [6.45, 7) is 0.530. The first-order valence-corrected chi connectivity index (χ1v) is 11.5. The molecule has 8 nitrogen and oxygen atoms in total. The summed E-state index contributed by atoms with van der Waals surface area (Å²) >= 11 is 7.26. The number of carboxylic acids is 1. The summed E-state index contributed by atoms with van der Waals surface area (Å²) in [5, 5.41) is 13.0. The van der Waals surface area contributed by atoms with Crippen LogP contribution >= 0.6 is 22.9 Å². The van der Waals surface area contributed by atoms with Gasteiger partial charge < -0.3 is 24.8 Å². The van der Waals surface area contributed by atoms with Gasteiger partial charge in [-0.15, -0.1) is 11.3 Å². The highest BCUT2D eigenvalue weighted by Crippen LogP contribution is 2.39. The predicted octanol–water partition coefficient (Wildman–Crippen LogP) is 4.57. The lowest BCUT2D eigenvalue weighted by Crippen LogP contribution is -2.36. The minimum absolute atomic E-state index is 0.0477. The van der Waals surface area contributed by atoms with Crippen LogP contribution in [0.1, 0.15) is 41.5 Å². The molecule has 0 atom stereocenters. The summed E-state index contributed by atoms with van der Waals surface area (Å²) in [6.07, 6.45) is 0.341. The summed E-state index contributed by atoms with van der Waals surface area (Å²) in [5.74, 6) is -1.11. The molecule has 4 rings (SSSR count). The molecule has 2 amide bonds. The number of rotatable bonds is 6. The van der Waals surface area contributed by atoms with Crippen molar-refractivity contribution >= 4 is 45.7 Å². The maximum absolute atomic E-state index is 13.3. The van der Waals surface area contributed by atoms with E-state index in [1.54, 1.807) is 47.4 Å². The molecule has 0 radical (unpaired) electrons. The molecule has 2 heterocycles. The van der Waals surface area contributed by atoms with E-state index in [4.69, 9.17) is 21.1 Å². The molecule has 1 aromatic heterocycles. The van der Waals surface area contributed by atoms with E-state index in [0.717, 1.165) is 11.3 Å². The number of benzene rings is 2. The highest BCUT2D eigenvalue weighted by Gasteiger charge is 2.32. The van der Waals surface area contributed by atoms with Crippen LogP contribution in [0.4, 0.5) is 5.00 Å². The minimum Gasteiger partial charge on any atom is -0.493 e. The Morgan fingerprint density at radius 3 is 2.47 bits per heavy atom. The Kier molecular flexibility index (Phi) is 6.76. The first-order chi connectivity index (χ1) is 16.3. The minimum atomic E-state index is -1.14. The molecule has 0 fully saturated rings. The van der Waals surface area contributed by atoms with Crippen molar-refractivity contribution in [1.29, 1.82) is 0 Å². The van der Waals surface area contributed by atoms with Gasteiger partial charge in [-0.05, 0) is 36.2 Å². The van der Waals surface area contributed by atoms with Crippen molar-refractivity contribution in [3.05, 3.63) is 74.6 Å². The smallest absolute Gasteiger partial charge is 0.339 e. The summed E-state index contributed by atoms with van der Waals surface area (Å²) in [6, 6.07) is 11.6. The fourth-order valence-electron chi connectivity index (χ4n) is 3.93. The van der Waals surface area contributed by atoms with Gasteiger partial charge in [-0.2, -0.15) is 0 Å². The highest BCUT2D eigenvalue weighted by atomic mass is 35.5. The lowest BCUT2D eigenvalue weighted by molar-refractivity contribution is 0.0696. The summed E-state index contributed by atoms with van der Waals surface area (Å²) in [4.78, 5) is 40.4. The number of amides is 2. The Bertz CT molecular complexity index is 1290. The van der Waals surface area contributed by atoms with E-state index in [9.17, 15) is 19.5 Å². The van der Waals surface area contributed by atoms with E-state index < -0.39 is 11.9 Å². The number of halogens is 1. The second-order valence-corrected chi connectivity index (χ2v) is 8.98. The molecule has 0 saturated carbocycles. The van der Waals surface area contributed by atoms with Gasteiger partial charge >= 0.3 is 5.97 Å². The van der Waals surface area contributed by atoms with Gasteiger partial charge in [-0.1, -0.05) is 29.8 Å². The van der Waals surface area contributed by atoms with Crippen molar-refractivity contribution in [3.8, 4) is 11.5 Å². The molecule has 2 N–H and O–H groups in total. The fourth-order valence-corrected chi connectivity index (χ4v) is 5.40. The Balaban J connectivity index is 1.63. The number of thiophene rings is 1. The standard InChI is InChI=1S/C24H21ClN2O6S/c1-32-17-9-5-7-15(20(17)33-2)23(29)27-11-10-14-18(12-27)34-22(19(14)24(30)31)26-21(28)13-6-3-4-8-16(13)25/h3-9H,10-12H2,1-2H3,(H,26,28)(H,30,31). The number of carboxylic acid groups (broad SMARTS) is 1. The molecule has 1 aliphatic rings. The number of ether oxygens (including phenoxy) is 2. The molecule has 3 aromatic rings. The topological polar surface area (TPSA) is 105 Å². The maximum atomic E-state index is 13.3. The van der Waals surface area contributed by atoms with Crippen molar-refractivity contribution in [3.63, 3.8) is 0 Å². The average molecular weight is 501 g/mol. The number of para-hydroxylation sites is 1. The maximum Gasteiger partial charge on any atom is 0.339 e. The number of hydrogen-bond acceptors (Lipinski definition) is 6. The van der Waals surface area contributed by atoms with E-state index in [1.165, 1.54) is 14.2 Å². The van der Waals surface area contributed by atoms with E-state index in [0.29, 0.717) is 40.5 Å². The third kappa shape index (κ3) is 4.32. The van der Waals surface area contributed by atoms with Crippen molar-refractivity contribution in [1.82, 2.24) is 4.90 Å². The molecule has 0 bridgehead atoms. The largest absolute Gasteiger partial charge is 0.493 e. The second-order valence-electron chi connectivity index (χ2n) is 7.46. The van der Waals surface area contributed by atoms with Gasteiger partial charge in [-0.3, -0.25) is 9.59 Å². The lowest BCUT2D eigenvalue weighted by atomic mass is 10.0. The zero-order valence-corrected chi connectivity index (χ0v) is 20.0. The van der Waals surface area contributed by atoms with Crippen LogP contribution in [-0.4, -0.2) is 48.6 Å². The van der Waals surface area contributed by atoms with Gasteiger partial charge in [0.15, 0.2) is 11.5 Å². The number of nitrogens with zero attached hydrogens (tertiary/aromatic N) is 1. The van der Waals surface area contributed by atoms with Gasteiger partial charge in [0.2, 0.25) is 0 Å². The van der Waals surface area contributed by atoms with Gasteiger partial charge in [-0.25, -0.2) is 4.79 Å². The van der Waals surface area contributed by atoms with E-state index in [-0.39, 0.29) is 33.6 Å². The van der Waals surface area contributed by atoms with Gasteiger partial charge in [0.05, 0.1) is 42.5 Å². The molecule has 0 unspecified atom stereocenters. The zero-order chi connectivity index (χ0) is 24.4. The van der Waals surface area contributed by atoms with E-state index >= 15 is 0 Å². The molecule has 34 heavy (non-hydrogen) atoms. The first kappa shape index (κ1) is 23.6. The van der Waals surface area contributed by atoms with Crippen LogP contribution in [0.25, 0.3) is 0 Å². The molecule has 10 heteroatoms. The fraction of sp³-hybridized carbons (Fsp3) is 0.208. The Morgan fingerprint density at radius 2 is 1.79 bits per heavy atom. The quantitative estimate of drug-likeness (QED) is 0.513. The van der Waals surface area contributed by atoms with Crippen LogP contribution in [0.5, 0.6) is 11.5 Å². The number of aromatic carboxylic acids is 1. The first-order valence-electron chi connectivity index (χ1n) is 10.3. The Morgan fingerprint density at radius 1 is 1.06 bits per heavy atom. The molecule has 0 aliphatic carbocycles. The van der Waals surface area contributed by atoms with Crippen LogP contribution in [0.15, 0.2) is 42.5 Å². The summed E-state index contributed by atoms with van der Waals surface area (Å²) in [7, 11) is 2.96. The Labute approximate surface area is 204 Å². The normalized spacial score (nSPS) is 12.6. The predicted molar refractivity (Wildman–Crippen MR) is 129 cm³/mol. The lowest BCUT2D eigenvalue weighted by Gasteiger charge is -2.28. The third-order valence-electron chi connectivity index (χ3n) is 5.54. The van der Waals surface area contributed by atoms with E-state index in [1.807, 2.05) is 0 Å². The number of anilines is 1. The van der Waals surface area contributed by atoms with Crippen molar-refractivity contribution in [2.75, 3.05) is 26.1 Å². The van der Waals surface area contributed by atoms with Crippen LogP contribution in [0, 0.1) is 0 Å². The van der Waals surface area contributed by atoms with E-state index in [2.05, 4.69) is 5.32 Å². The number of methoxy groups -OCH3 is 2. The summed E-state index contributed by atoms with van der Waals surface area (Å²) < 4.78 is 10.7. The monoisotopic (exact) mass is 500 g/mol. The average Bonchev–Trinajstić information content (AvgIpc) is 3.20. The molecule has 1 aliphatic heterocycles. The highest BCUT2D eigenvalue weighted by molar-refractivity contribution is 7.17. The van der Waals surface area contributed by atoms with Crippen LogP contribution in [0.3, 0.4) is 0 Å². The van der Waals surface area contributed by atoms with Gasteiger partial charge in [0.1, 0.15) is 5.00 Å². The zero-order valence-electron chi connectivity index (χ0n) is 18.4. The number of fused-ring (bicyclic) bond motifs is 1. The summed E-state index contributed by atoms with van der Waals surface area (Å²) in [5.41, 5.74) is 1.27. The van der Waals surface area contributed by atoms with Gasteiger partial charge in [0.25, 0.3) is 11.8 Å². The molecule has 176 valence electrons. The van der Waals surface area contributed by atoms with Crippen molar-refractivity contribution in [2.24, 2.45) is 0 Å². The number of carbonyl (C=O) groups excluding carboxylic acids is 2. The number of carbonyl (C=O) groups is 3. The van der Waals surface area contributed by atoms with Crippen LogP contribution in [0.2, 0.25) is 5.02 Å². The SMILES string of the molecule is COc1cccc(C(=O)N2CCc3c(sc(NC(=O)c4ccccc4Cl)c3C(=O)O)C2)c1OC. The number of nitrogens with one attached hydrogen (secondary N) is 1. The van der Waals surface area contributed by atoms with Crippen LogP contribution < -0.4 is 14.8 Å².